The van der Waals surface area contributed by atoms with Gasteiger partial charge in [-0.25, -0.2) is 9.28 Å². The molecule has 0 fully saturated rings. The third-order valence-corrected chi connectivity index (χ3v) is 9.20. The number of rotatable bonds is 9. The summed E-state index contributed by atoms with van der Waals surface area (Å²) in [5.74, 6) is 0.0859. The number of benzene rings is 3. The average Bonchev–Trinajstić information content (AvgIpc) is 3.02. The molecular weight excluding hydrogens is 555 g/mol. The molecule has 0 saturated heterocycles. The van der Waals surface area contributed by atoms with Crippen LogP contribution in [0, 0.1) is 0 Å². The molecule has 3 atom stereocenters. The summed E-state index contributed by atoms with van der Waals surface area (Å²) in [6.45, 7) is 3.30. The van der Waals surface area contributed by atoms with Gasteiger partial charge in [0, 0.05) is 26.1 Å². The Balaban J connectivity index is 1.60. The number of nitrogens with zero attached hydrogens (tertiary/aromatic N) is 2. The van der Waals surface area contributed by atoms with Crippen LogP contribution in [0.25, 0.3) is 0 Å². The van der Waals surface area contributed by atoms with Crippen LogP contribution < -0.4 is 9.22 Å². The number of likely N-dealkylation sites (N-methyl/N-ethyl adjacent to an activating group) is 2. The Hall–Kier alpha value is -2.55. The van der Waals surface area contributed by atoms with Crippen LogP contribution >= 0.6 is 35.0 Å². The predicted octanol–water partition coefficient (Wildman–Crippen LogP) is 6.42. The average molecular weight is 589 g/mol. The van der Waals surface area contributed by atoms with Gasteiger partial charge in [0.25, 0.3) is 0 Å². The van der Waals surface area contributed by atoms with E-state index in [2.05, 4.69) is 4.90 Å². The second-order valence-corrected chi connectivity index (χ2v) is 11.9. The summed E-state index contributed by atoms with van der Waals surface area (Å²) in [6.07, 6.45) is -0.160. The molecule has 0 radical (unpaired) electrons. The van der Waals surface area contributed by atoms with Crippen molar-refractivity contribution in [2.75, 3.05) is 40.8 Å². The number of thioether (sulfide) groups is 1. The number of amides is 1. The number of halogens is 2. The van der Waals surface area contributed by atoms with Crippen LogP contribution in [0.2, 0.25) is 10.0 Å². The first-order chi connectivity index (χ1) is 18.6. The molecule has 4 rings (SSSR count). The first-order valence-electron chi connectivity index (χ1n) is 12.7. The lowest BCUT2D eigenvalue weighted by molar-refractivity contribution is -0.157. The normalized spacial score (nSPS) is 20.8. The summed E-state index contributed by atoms with van der Waals surface area (Å²) in [4.78, 5) is 29.8. The maximum atomic E-state index is 14.3. The van der Waals surface area contributed by atoms with E-state index in [1.165, 1.54) is 6.92 Å². The van der Waals surface area contributed by atoms with E-state index in [1.54, 1.807) is 18.9 Å². The van der Waals surface area contributed by atoms with Gasteiger partial charge in [0.05, 0.1) is 34.3 Å². The number of hydrogen-bond acceptors (Lipinski definition) is 6. The van der Waals surface area contributed by atoms with Crippen molar-refractivity contribution in [3.63, 3.8) is 0 Å². The van der Waals surface area contributed by atoms with Gasteiger partial charge in [-0.1, -0.05) is 53.5 Å². The zero-order chi connectivity index (χ0) is 28.2. The Morgan fingerprint density at radius 2 is 1.74 bits per heavy atom. The molecule has 3 aromatic rings. The summed E-state index contributed by atoms with van der Waals surface area (Å²) in [5.41, 5.74) is 2.89. The molecule has 39 heavy (non-hydrogen) atoms. The zero-order valence-corrected chi connectivity index (χ0v) is 24.9. The highest BCUT2D eigenvalue weighted by atomic mass is 35.5. The van der Waals surface area contributed by atoms with Gasteiger partial charge in [-0.15, -0.1) is 11.8 Å². The Kier molecular flexibility index (Phi) is 9.62. The van der Waals surface area contributed by atoms with E-state index >= 15 is 0 Å². The highest BCUT2D eigenvalue weighted by Crippen LogP contribution is 2.48. The lowest BCUT2D eigenvalue weighted by atomic mass is 10.0. The zero-order valence-electron chi connectivity index (χ0n) is 22.5. The van der Waals surface area contributed by atoms with Gasteiger partial charge in [-0.3, -0.25) is 4.79 Å². The standard InChI is InChI=1S/C30H33Cl2N2O4S/c1-20(35)38-28-29(22-10-12-23(37-4)13-11-22)39-27-8-6-5-7-26(27)34(3,30(28)36)18-17-33(2)16-15-21-9-14-24(31)25(32)19-21/h5-14,19,28-29H,15-18H2,1-4H3/q+1/t28-,29+,34?/m0/s1. The van der Waals surface area contributed by atoms with E-state index in [0.717, 1.165) is 40.4 Å². The number of carbonyl (C=O) groups excluding carboxylic acids is 2. The summed E-state index contributed by atoms with van der Waals surface area (Å²) in [6, 6.07) is 21.2. The van der Waals surface area contributed by atoms with Crippen LogP contribution in [0.1, 0.15) is 23.3 Å². The molecule has 0 N–H and O–H groups in total. The third-order valence-electron chi connectivity index (χ3n) is 7.09. The summed E-state index contributed by atoms with van der Waals surface area (Å²) < 4.78 is 11.1. The van der Waals surface area contributed by atoms with Gasteiger partial charge < -0.3 is 14.4 Å². The van der Waals surface area contributed by atoms with Gasteiger partial charge in [-0.05, 0) is 54.9 Å². The first kappa shape index (κ1) is 29.4. The molecule has 206 valence electrons. The minimum absolute atomic E-state index is 0.0187. The molecule has 1 aliphatic heterocycles. The van der Waals surface area contributed by atoms with Crippen LogP contribution in [0.5, 0.6) is 5.75 Å². The van der Waals surface area contributed by atoms with Gasteiger partial charge >= 0.3 is 11.9 Å². The lowest BCUT2D eigenvalue weighted by Gasteiger charge is -2.34. The molecular formula is C30H33Cl2N2O4S+. The number of fused-ring (bicyclic) bond motifs is 1. The third kappa shape index (κ3) is 6.79. The van der Waals surface area contributed by atoms with E-state index in [0.29, 0.717) is 23.1 Å². The van der Waals surface area contributed by atoms with Crippen molar-refractivity contribution in [3.05, 3.63) is 87.9 Å². The van der Waals surface area contributed by atoms with Gasteiger partial charge in [0.2, 0.25) is 6.10 Å². The second-order valence-electron chi connectivity index (χ2n) is 9.86. The van der Waals surface area contributed by atoms with E-state index in [4.69, 9.17) is 32.7 Å². The van der Waals surface area contributed by atoms with Gasteiger partial charge in [0.15, 0.2) is 5.69 Å². The van der Waals surface area contributed by atoms with Crippen molar-refractivity contribution in [1.82, 2.24) is 9.38 Å². The van der Waals surface area contributed by atoms with Crippen LogP contribution in [0.15, 0.2) is 71.6 Å². The lowest BCUT2D eigenvalue weighted by Crippen LogP contribution is -2.58. The Morgan fingerprint density at radius 3 is 2.41 bits per heavy atom. The van der Waals surface area contributed by atoms with Crippen LogP contribution in [-0.4, -0.2) is 63.7 Å². The van der Waals surface area contributed by atoms with E-state index < -0.39 is 17.3 Å². The van der Waals surface area contributed by atoms with Crippen molar-refractivity contribution >= 4 is 52.5 Å². The maximum absolute atomic E-state index is 14.3. The van der Waals surface area contributed by atoms with Crippen molar-refractivity contribution in [2.24, 2.45) is 0 Å². The molecule has 9 heteroatoms. The van der Waals surface area contributed by atoms with Crippen molar-refractivity contribution in [1.29, 1.82) is 0 Å². The largest absolute Gasteiger partial charge is 0.497 e. The first-order valence-corrected chi connectivity index (χ1v) is 14.4. The van der Waals surface area contributed by atoms with E-state index in [1.807, 2.05) is 80.8 Å². The number of methoxy groups -OCH3 is 1. The number of quaternary nitrogens is 1. The molecule has 1 amide bonds. The molecule has 0 aromatic heterocycles. The number of hydrogen-bond donors (Lipinski definition) is 0. The smallest absolute Gasteiger partial charge is 0.361 e. The minimum atomic E-state index is -0.959. The fourth-order valence-corrected chi connectivity index (χ4v) is 6.48. The molecule has 3 aromatic carbocycles. The quantitative estimate of drug-likeness (QED) is 0.213. The molecule has 0 bridgehead atoms. The summed E-state index contributed by atoms with van der Waals surface area (Å²) >= 11 is 13.8. The molecule has 0 saturated carbocycles. The molecule has 0 aliphatic carbocycles. The van der Waals surface area contributed by atoms with Crippen molar-refractivity contribution in [3.8, 4) is 5.75 Å². The highest BCUT2D eigenvalue weighted by molar-refractivity contribution is 7.99. The van der Waals surface area contributed by atoms with Gasteiger partial charge in [-0.2, -0.15) is 0 Å². The molecule has 6 nitrogen and oxygen atoms in total. The highest BCUT2D eigenvalue weighted by Gasteiger charge is 2.50. The van der Waals surface area contributed by atoms with Crippen LogP contribution in [0.4, 0.5) is 5.69 Å². The Bertz CT molecular complexity index is 1340. The molecule has 1 aliphatic rings. The maximum Gasteiger partial charge on any atom is 0.361 e. The topological polar surface area (TPSA) is 55.8 Å². The fourth-order valence-electron chi connectivity index (χ4n) is 4.75. The Morgan fingerprint density at radius 1 is 1.03 bits per heavy atom. The molecule has 0 spiro atoms. The number of esters is 1. The van der Waals surface area contributed by atoms with Crippen LogP contribution in [0.3, 0.4) is 0 Å². The van der Waals surface area contributed by atoms with Crippen molar-refractivity contribution < 1.29 is 19.1 Å². The minimum Gasteiger partial charge on any atom is -0.497 e. The van der Waals surface area contributed by atoms with E-state index in [9.17, 15) is 9.59 Å². The SMILES string of the molecule is COc1ccc([C@H]2Sc3ccccc3[N+](C)(CCN(C)CCc3ccc(Cl)c(Cl)c3)C(=O)[C@H]2OC(C)=O)cc1. The summed E-state index contributed by atoms with van der Waals surface area (Å²) in [7, 11) is 5.57. The van der Waals surface area contributed by atoms with Crippen molar-refractivity contribution in [2.45, 2.75) is 29.6 Å². The molecule has 1 unspecified atom stereocenters. The molecule has 1 heterocycles. The van der Waals surface area contributed by atoms with Crippen LogP contribution in [-0.2, 0) is 20.7 Å². The van der Waals surface area contributed by atoms with Gasteiger partial charge in [0.1, 0.15) is 12.3 Å². The fraction of sp³-hybridized carbons (Fsp3) is 0.333. The second kappa shape index (κ2) is 12.7. The number of ether oxygens (including phenoxy) is 2. The number of para-hydroxylation sites is 1. The monoisotopic (exact) mass is 587 g/mol. The van der Waals surface area contributed by atoms with E-state index in [-0.39, 0.29) is 10.4 Å². The predicted molar refractivity (Wildman–Crippen MR) is 159 cm³/mol. The Labute approximate surface area is 244 Å². The number of carbonyl (C=O) groups is 2. The summed E-state index contributed by atoms with van der Waals surface area (Å²) in [5, 5.41) is 0.681.